The van der Waals surface area contributed by atoms with Gasteiger partial charge in [0.1, 0.15) is 5.75 Å². The molecule has 21 heavy (non-hydrogen) atoms. The molecule has 1 unspecified atom stereocenters. The summed E-state index contributed by atoms with van der Waals surface area (Å²) in [5.74, 6) is 1.02. The van der Waals surface area contributed by atoms with Gasteiger partial charge in [-0.25, -0.2) is 4.79 Å². The summed E-state index contributed by atoms with van der Waals surface area (Å²) >= 11 is 1.88. The number of hydrogen-bond acceptors (Lipinski definition) is 4. The van der Waals surface area contributed by atoms with E-state index in [9.17, 15) is 9.90 Å². The van der Waals surface area contributed by atoms with Gasteiger partial charge >= 0.3 is 5.97 Å². The maximum atomic E-state index is 11.5. The zero-order valence-electron chi connectivity index (χ0n) is 11.4. The topological polar surface area (TPSA) is 64.3 Å². The fourth-order valence-corrected chi connectivity index (χ4v) is 3.64. The van der Waals surface area contributed by atoms with Crippen molar-refractivity contribution in [2.75, 3.05) is 5.75 Å². The number of hydrogen-bond donors (Lipinski definition) is 1. The van der Waals surface area contributed by atoms with Gasteiger partial charge in [-0.05, 0) is 30.7 Å². The van der Waals surface area contributed by atoms with Crippen LogP contribution in [-0.2, 0) is 6.54 Å². The number of nitrogens with zero attached hydrogens (tertiary/aromatic N) is 2. The number of carbonyl (C=O) groups is 1. The minimum atomic E-state index is -1.01. The van der Waals surface area contributed by atoms with Crippen LogP contribution in [0.5, 0.6) is 11.5 Å². The van der Waals surface area contributed by atoms with E-state index in [1.165, 1.54) is 12.6 Å². The Kier molecular flexibility index (Phi) is 4.15. The van der Waals surface area contributed by atoms with Gasteiger partial charge in [0, 0.05) is 5.25 Å². The molecule has 0 saturated carbocycles. The lowest BCUT2D eigenvalue weighted by molar-refractivity contribution is 0.0680. The summed E-state index contributed by atoms with van der Waals surface area (Å²) < 4.78 is 7.19. The highest BCUT2D eigenvalue weighted by molar-refractivity contribution is 8.00. The van der Waals surface area contributed by atoms with Gasteiger partial charge in [-0.15, -0.1) is 0 Å². The number of carboxylic acids is 1. The molecule has 6 heteroatoms. The van der Waals surface area contributed by atoms with Crippen molar-refractivity contribution in [1.82, 2.24) is 9.78 Å². The standard InChI is InChI=1S/C15H16N2O3S/c18-15(19)14-13(20-11-5-2-1-3-6-11)9-16-17(14)10-12-7-4-8-21-12/h1-3,5-6,9,12H,4,7-8,10H2,(H,18,19). The van der Waals surface area contributed by atoms with Crippen molar-refractivity contribution in [2.24, 2.45) is 0 Å². The van der Waals surface area contributed by atoms with Gasteiger partial charge in [-0.2, -0.15) is 16.9 Å². The molecule has 2 aromatic rings. The molecule has 1 fully saturated rings. The second-order valence-electron chi connectivity index (χ2n) is 4.89. The average molecular weight is 304 g/mol. The van der Waals surface area contributed by atoms with Crippen molar-refractivity contribution in [2.45, 2.75) is 24.6 Å². The Balaban J connectivity index is 1.83. The summed E-state index contributed by atoms with van der Waals surface area (Å²) in [4.78, 5) is 11.5. The van der Waals surface area contributed by atoms with E-state index in [0.29, 0.717) is 17.5 Å². The molecular weight excluding hydrogens is 288 g/mol. The van der Waals surface area contributed by atoms with E-state index >= 15 is 0 Å². The van der Waals surface area contributed by atoms with Crippen molar-refractivity contribution < 1.29 is 14.6 Å². The number of rotatable bonds is 5. The first-order valence-electron chi connectivity index (χ1n) is 6.87. The summed E-state index contributed by atoms with van der Waals surface area (Å²) in [5, 5.41) is 14.1. The van der Waals surface area contributed by atoms with Gasteiger partial charge in [-0.1, -0.05) is 18.2 Å². The van der Waals surface area contributed by atoms with Crippen LogP contribution >= 0.6 is 11.8 Å². The molecule has 0 bridgehead atoms. The third-order valence-electron chi connectivity index (χ3n) is 3.38. The van der Waals surface area contributed by atoms with E-state index in [0.717, 1.165) is 12.2 Å². The van der Waals surface area contributed by atoms with Gasteiger partial charge in [-0.3, -0.25) is 4.68 Å². The third kappa shape index (κ3) is 3.21. The Bertz CT molecular complexity index is 621. The molecule has 1 aliphatic heterocycles. The molecule has 1 atom stereocenters. The van der Waals surface area contributed by atoms with Crippen LogP contribution in [0.15, 0.2) is 36.5 Å². The third-order valence-corrected chi connectivity index (χ3v) is 4.76. The SMILES string of the molecule is O=C(O)c1c(Oc2ccccc2)cnn1CC1CCCS1. The summed E-state index contributed by atoms with van der Waals surface area (Å²) in [5.41, 5.74) is 0.117. The van der Waals surface area contributed by atoms with Crippen LogP contribution in [0.4, 0.5) is 0 Å². The molecule has 0 radical (unpaired) electrons. The number of aromatic carboxylic acids is 1. The van der Waals surface area contributed by atoms with Crippen LogP contribution < -0.4 is 4.74 Å². The highest BCUT2D eigenvalue weighted by Crippen LogP contribution is 2.30. The summed E-state index contributed by atoms with van der Waals surface area (Å²) in [6, 6.07) is 9.14. The van der Waals surface area contributed by atoms with Crippen molar-refractivity contribution in [1.29, 1.82) is 0 Å². The predicted molar refractivity (Wildman–Crippen MR) is 81.2 cm³/mol. The van der Waals surface area contributed by atoms with E-state index < -0.39 is 5.97 Å². The Morgan fingerprint density at radius 3 is 2.90 bits per heavy atom. The van der Waals surface area contributed by atoms with Crippen molar-refractivity contribution >= 4 is 17.7 Å². The van der Waals surface area contributed by atoms with Crippen LogP contribution in [0.2, 0.25) is 0 Å². The lowest BCUT2D eigenvalue weighted by Crippen LogP contribution is -2.17. The first kappa shape index (κ1) is 14.0. The molecule has 1 aromatic heterocycles. The second kappa shape index (κ2) is 6.22. The molecule has 0 aliphatic carbocycles. The largest absolute Gasteiger partial charge is 0.476 e. The van der Waals surface area contributed by atoms with E-state index in [-0.39, 0.29) is 11.4 Å². The molecule has 3 rings (SSSR count). The minimum absolute atomic E-state index is 0.117. The summed E-state index contributed by atoms with van der Waals surface area (Å²) in [7, 11) is 0. The van der Waals surface area contributed by atoms with E-state index in [4.69, 9.17) is 4.74 Å². The monoisotopic (exact) mass is 304 g/mol. The molecule has 110 valence electrons. The number of benzene rings is 1. The Labute approximate surface area is 126 Å². The van der Waals surface area contributed by atoms with Gasteiger partial charge in [0.15, 0.2) is 11.4 Å². The highest BCUT2D eigenvalue weighted by atomic mass is 32.2. The number of ether oxygens (including phenoxy) is 1. The van der Waals surface area contributed by atoms with Gasteiger partial charge in [0.2, 0.25) is 0 Å². The van der Waals surface area contributed by atoms with Crippen LogP contribution in [-0.4, -0.2) is 31.9 Å². The maximum Gasteiger partial charge on any atom is 0.358 e. The predicted octanol–water partition coefficient (Wildman–Crippen LogP) is 3.27. The van der Waals surface area contributed by atoms with Crippen molar-refractivity contribution in [3.05, 3.63) is 42.2 Å². The first-order chi connectivity index (χ1) is 10.2. The molecule has 0 spiro atoms. The lowest BCUT2D eigenvalue weighted by Gasteiger charge is -2.11. The molecule has 0 amide bonds. The zero-order chi connectivity index (χ0) is 14.7. The molecular formula is C15H16N2O3S. The highest BCUT2D eigenvalue weighted by Gasteiger charge is 2.23. The van der Waals surface area contributed by atoms with E-state index in [1.807, 2.05) is 30.0 Å². The molecule has 1 aromatic carbocycles. The van der Waals surface area contributed by atoms with Gasteiger partial charge < -0.3 is 9.84 Å². The summed E-state index contributed by atoms with van der Waals surface area (Å²) in [6.45, 7) is 0.616. The zero-order valence-corrected chi connectivity index (χ0v) is 12.3. The normalized spacial score (nSPS) is 17.8. The second-order valence-corrected chi connectivity index (χ2v) is 6.30. The van der Waals surface area contributed by atoms with Crippen LogP contribution in [0.1, 0.15) is 23.3 Å². The van der Waals surface area contributed by atoms with Crippen LogP contribution in [0.25, 0.3) is 0 Å². The van der Waals surface area contributed by atoms with Crippen LogP contribution in [0, 0.1) is 0 Å². The number of carboxylic acid groups (broad SMARTS) is 1. The first-order valence-corrected chi connectivity index (χ1v) is 7.92. The van der Waals surface area contributed by atoms with E-state index in [2.05, 4.69) is 5.10 Å². The fourth-order valence-electron chi connectivity index (χ4n) is 2.39. The molecule has 1 saturated heterocycles. The minimum Gasteiger partial charge on any atom is -0.476 e. The van der Waals surface area contributed by atoms with Gasteiger partial charge in [0.25, 0.3) is 0 Å². The van der Waals surface area contributed by atoms with Crippen molar-refractivity contribution in [3.63, 3.8) is 0 Å². The molecule has 5 nitrogen and oxygen atoms in total. The average Bonchev–Trinajstić information content (AvgIpc) is 3.11. The Morgan fingerprint density at radius 2 is 2.24 bits per heavy atom. The number of para-hydroxylation sites is 1. The smallest absolute Gasteiger partial charge is 0.358 e. The number of thioether (sulfide) groups is 1. The lowest BCUT2D eigenvalue weighted by atomic mass is 10.2. The fraction of sp³-hybridized carbons (Fsp3) is 0.333. The number of aromatic nitrogens is 2. The van der Waals surface area contributed by atoms with Gasteiger partial charge in [0.05, 0.1) is 12.7 Å². The Hall–Kier alpha value is -1.95. The van der Waals surface area contributed by atoms with E-state index in [1.54, 1.807) is 16.8 Å². The van der Waals surface area contributed by atoms with Crippen LogP contribution in [0.3, 0.4) is 0 Å². The maximum absolute atomic E-state index is 11.5. The Morgan fingerprint density at radius 1 is 1.43 bits per heavy atom. The molecule has 1 N–H and O–H groups in total. The molecule has 1 aliphatic rings. The quantitative estimate of drug-likeness (QED) is 0.918. The molecule has 2 heterocycles. The summed E-state index contributed by atoms with van der Waals surface area (Å²) in [6.07, 6.45) is 3.78. The van der Waals surface area contributed by atoms with Crippen molar-refractivity contribution in [3.8, 4) is 11.5 Å².